The summed E-state index contributed by atoms with van der Waals surface area (Å²) in [7, 11) is 0. The number of ether oxygens (including phenoxy) is 1. The highest BCUT2D eigenvalue weighted by molar-refractivity contribution is 6.14. The molecule has 5 rings (SSSR count). The van der Waals surface area contributed by atoms with Gasteiger partial charge in [0.2, 0.25) is 0 Å². The second kappa shape index (κ2) is 5.22. The SMILES string of the molecule is CC1(c2ccccc2)C=Cc2c(c3ccccc3c3ccccc23)O1. The van der Waals surface area contributed by atoms with Crippen molar-refractivity contribution in [2.75, 3.05) is 0 Å². The van der Waals surface area contributed by atoms with Crippen LogP contribution in [0.25, 0.3) is 27.6 Å². The molecule has 25 heavy (non-hydrogen) atoms. The Balaban J connectivity index is 1.83. The molecule has 1 heteroatoms. The van der Waals surface area contributed by atoms with Crippen LogP contribution in [-0.2, 0) is 5.60 Å². The maximum atomic E-state index is 6.64. The van der Waals surface area contributed by atoms with Crippen LogP contribution >= 0.6 is 0 Å². The first-order valence-corrected chi connectivity index (χ1v) is 8.63. The van der Waals surface area contributed by atoms with Gasteiger partial charge in [0.1, 0.15) is 11.4 Å². The number of hydrogen-bond acceptors (Lipinski definition) is 1. The fourth-order valence-corrected chi connectivity index (χ4v) is 3.82. The number of fused-ring (bicyclic) bond motifs is 6. The molecule has 0 radical (unpaired) electrons. The van der Waals surface area contributed by atoms with E-state index in [0.717, 1.165) is 11.3 Å². The molecule has 4 aromatic carbocycles. The van der Waals surface area contributed by atoms with Crippen molar-refractivity contribution >= 4 is 27.6 Å². The van der Waals surface area contributed by atoms with Crippen molar-refractivity contribution in [2.24, 2.45) is 0 Å². The number of benzene rings is 4. The minimum absolute atomic E-state index is 0.459. The molecular weight excluding hydrogens is 304 g/mol. The maximum Gasteiger partial charge on any atom is 0.150 e. The highest BCUT2D eigenvalue weighted by atomic mass is 16.5. The van der Waals surface area contributed by atoms with E-state index in [1.54, 1.807) is 0 Å². The van der Waals surface area contributed by atoms with Crippen LogP contribution in [0.5, 0.6) is 5.75 Å². The first kappa shape index (κ1) is 14.3. The summed E-state index contributed by atoms with van der Waals surface area (Å²) in [4.78, 5) is 0. The molecule has 0 fully saturated rings. The average molecular weight is 322 g/mol. The maximum absolute atomic E-state index is 6.64. The van der Waals surface area contributed by atoms with Gasteiger partial charge in [-0.1, -0.05) is 84.9 Å². The van der Waals surface area contributed by atoms with Gasteiger partial charge in [-0.05, 0) is 34.7 Å². The standard InChI is InChI=1S/C24H18O/c1-24(17-9-3-2-4-10-17)16-15-22-20-13-6-5-11-18(20)19-12-7-8-14-21(19)23(22)25-24/h2-16H,1H3. The summed E-state index contributed by atoms with van der Waals surface area (Å²) in [5, 5.41) is 4.92. The van der Waals surface area contributed by atoms with Crippen LogP contribution in [-0.4, -0.2) is 0 Å². The zero-order valence-corrected chi connectivity index (χ0v) is 14.1. The van der Waals surface area contributed by atoms with E-state index >= 15 is 0 Å². The molecule has 0 saturated heterocycles. The van der Waals surface area contributed by atoms with Gasteiger partial charge in [0.25, 0.3) is 0 Å². The summed E-state index contributed by atoms with van der Waals surface area (Å²) in [6, 6.07) is 27.5. The Morgan fingerprint density at radius 2 is 1.20 bits per heavy atom. The lowest BCUT2D eigenvalue weighted by Gasteiger charge is -2.33. The predicted molar refractivity (Wildman–Crippen MR) is 105 cm³/mol. The summed E-state index contributed by atoms with van der Waals surface area (Å²) in [5.41, 5.74) is 1.87. The van der Waals surface area contributed by atoms with E-state index in [1.165, 1.54) is 27.1 Å². The number of rotatable bonds is 1. The van der Waals surface area contributed by atoms with Crippen LogP contribution in [0.3, 0.4) is 0 Å². The third-order valence-corrected chi connectivity index (χ3v) is 5.15. The van der Waals surface area contributed by atoms with Crippen molar-refractivity contribution in [3.8, 4) is 5.75 Å². The molecule has 1 aliphatic heterocycles. The predicted octanol–water partition coefficient (Wildman–Crippen LogP) is 6.31. The Bertz CT molecular complexity index is 1120. The average Bonchev–Trinajstić information content (AvgIpc) is 2.69. The van der Waals surface area contributed by atoms with Gasteiger partial charge >= 0.3 is 0 Å². The minimum atomic E-state index is -0.459. The van der Waals surface area contributed by atoms with Gasteiger partial charge in [0.15, 0.2) is 0 Å². The van der Waals surface area contributed by atoms with Gasteiger partial charge in [0.05, 0.1) is 0 Å². The summed E-state index contributed by atoms with van der Waals surface area (Å²) < 4.78 is 6.64. The Morgan fingerprint density at radius 3 is 1.92 bits per heavy atom. The van der Waals surface area contributed by atoms with Crippen LogP contribution in [0, 0.1) is 0 Å². The molecule has 4 aromatic rings. The van der Waals surface area contributed by atoms with E-state index in [2.05, 4.69) is 91.9 Å². The van der Waals surface area contributed by atoms with Gasteiger partial charge in [-0.3, -0.25) is 0 Å². The molecule has 0 saturated carbocycles. The van der Waals surface area contributed by atoms with Crippen LogP contribution in [0.4, 0.5) is 0 Å². The van der Waals surface area contributed by atoms with Crippen molar-refractivity contribution < 1.29 is 4.74 Å². The monoisotopic (exact) mass is 322 g/mol. The summed E-state index contributed by atoms with van der Waals surface area (Å²) >= 11 is 0. The Morgan fingerprint density at radius 1 is 0.640 bits per heavy atom. The van der Waals surface area contributed by atoms with Crippen molar-refractivity contribution in [2.45, 2.75) is 12.5 Å². The molecule has 0 spiro atoms. The van der Waals surface area contributed by atoms with Crippen molar-refractivity contribution in [3.05, 3.63) is 96.1 Å². The van der Waals surface area contributed by atoms with Crippen LogP contribution in [0.15, 0.2) is 84.9 Å². The molecule has 1 nitrogen and oxygen atoms in total. The zero-order valence-electron chi connectivity index (χ0n) is 14.1. The second-order valence-electron chi connectivity index (χ2n) is 6.74. The van der Waals surface area contributed by atoms with Crippen LogP contribution in [0.2, 0.25) is 0 Å². The third kappa shape index (κ3) is 2.09. The fourth-order valence-electron chi connectivity index (χ4n) is 3.82. The highest BCUT2D eigenvalue weighted by Crippen LogP contribution is 2.45. The fraction of sp³-hybridized carbons (Fsp3) is 0.0833. The molecule has 1 heterocycles. The van der Waals surface area contributed by atoms with Gasteiger partial charge < -0.3 is 4.74 Å². The van der Waals surface area contributed by atoms with Gasteiger partial charge in [-0.15, -0.1) is 0 Å². The van der Waals surface area contributed by atoms with E-state index in [-0.39, 0.29) is 0 Å². The summed E-state index contributed by atoms with van der Waals surface area (Å²) in [6.45, 7) is 2.13. The molecular formula is C24H18O. The van der Waals surface area contributed by atoms with E-state index in [9.17, 15) is 0 Å². The molecule has 1 aliphatic rings. The minimum Gasteiger partial charge on any atom is -0.477 e. The summed E-state index contributed by atoms with van der Waals surface area (Å²) in [6.07, 6.45) is 4.40. The first-order chi connectivity index (χ1) is 12.3. The van der Waals surface area contributed by atoms with Crippen LogP contribution < -0.4 is 4.74 Å². The Labute approximate surface area is 147 Å². The van der Waals surface area contributed by atoms with Gasteiger partial charge in [-0.25, -0.2) is 0 Å². The third-order valence-electron chi connectivity index (χ3n) is 5.15. The topological polar surface area (TPSA) is 9.23 Å². The van der Waals surface area contributed by atoms with Gasteiger partial charge in [0, 0.05) is 10.9 Å². The van der Waals surface area contributed by atoms with Crippen molar-refractivity contribution in [1.29, 1.82) is 0 Å². The van der Waals surface area contributed by atoms with E-state index < -0.39 is 5.60 Å². The molecule has 0 aromatic heterocycles. The molecule has 1 atom stereocenters. The van der Waals surface area contributed by atoms with E-state index in [4.69, 9.17) is 4.74 Å². The zero-order chi connectivity index (χ0) is 16.9. The lowest BCUT2D eigenvalue weighted by atomic mass is 9.88. The van der Waals surface area contributed by atoms with E-state index in [0.29, 0.717) is 0 Å². The molecule has 0 N–H and O–H groups in total. The van der Waals surface area contributed by atoms with Gasteiger partial charge in [-0.2, -0.15) is 0 Å². The normalized spacial score (nSPS) is 18.9. The lowest BCUT2D eigenvalue weighted by molar-refractivity contribution is 0.141. The lowest BCUT2D eigenvalue weighted by Crippen LogP contribution is -2.29. The van der Waals surface area contributed by atoms with Crippen molar-refractivity contribution in [1.82, 2.24) is 0 Å². The molecule has 0 amide bonds. The Hall–Kier alpha value is -3.06. The smallest absolute Gasteiger partial charge is 0.150 e. The summed E-state index contributed by atoms with van der Waals surface area (Å²) in [5.74, 6) is 0.975. The quantitative estimate of drug-likeness (QED) is 0.373. The largest absolute Gasteiger partial charge is 0.477 e. The van der Waals surface area contributed by atoms with Crippen LogP contribution in [0.1, 0.15) is 18.1 Å². The molecule has 120 valence electrons. The molecule has 1 unspecified atom stereocenters. The van der Waals surface area contributed by atoms with E-state index in [1.807, 2.05) is 6.07 Å². The second-order valence-corrected chi connectivity index (χ2v) is 6.74. The number of hydrogen-bond donors (Lipinski definition) is 0. The Kier molecular flexibility index (Phi) is 2.98. The molecule has 0 aliphatic carbocycles. The highest BCUT2D eigenvalue weighted by Gasteiger charge is 2.31. The first-order valence-electron chi connectivity index (χ1n) is 8.63. The molecule has 0 bridgehead atoms. The van der Waals surface area contributed by atoms with Crippen molar-refractivity contribution in [3.63, 3.8) is 0 Å².